The monoisotopic (exact) mass is 422 g/mol. The van der Waals surface area contributed by atoms with Gasteiger partial charge in [-0.3, -0.25) is 10.3 Å². The standard InChI is InChI=1S/C23H31N7O/c1-4-14(2)20-22(31)30-13-19(16-12-27-17-9-6-5-8-15(16)17)28-18(21(30)29-20)10-7-11-26-23(24)25-3/h5-6,8-9,13-14,16,20,27H,4,7,10-12H2,1-3H3,(H3,24,25,26)/p+1. The van der Waals surface area contributed by atoms with E-state index in [2.05, 4.69) is 53.0 Å². The fraction of sp³-hybridized carbons (Fsp3) is 0.478. The van der Waals surface area contributed by atoms with Gasteiger partial charge >= 0.3 is 11.7 Å². The maximum Gasteiger partial charge on any atom is 0.359 e. The predicted molar refractivity (Wildman–Crippen MR) is 123 cm³/mol. The smallest absolute Gasteiger partial charge is 0.359 e. The number of carbonyl (C=O) groups is 1. The summed E-state index contributed by atoms with van der Waals surface area (Å²) in [5.41, 5.74) is 9.96. The second-order valence-corrected chi connectivity index (χ2v) is 8.34. The minimum atomic E-state index is -0.212. The van der Waals surface area contributed by atoms with Gasteiger partial charge in [-0.2, -0.15) is 4.57 Å². The van der Waals surface area contributed by atoms with Crippen LogP contribution in [0.3, 0.4) is 0 Å². The highest BCUT2D eigenvalue weighted by molar-refractivity contribution is 5.82. The molecule has 2 aromatic rings. The van der Waals surface area contributed by atoms with Gasteiger partial charge < -0.3 is 16.4 Å². The highest BCUT2D eigenvalue weighted by atomic mass is 16.2. The summed E-state index contributed by atoms with van der Waals surface area (Å²) in [7, 11) is 1.66. The van der Waals surface area contributed by atoms with Crippen molar-refractivity contribution in [2.45, 2.75) is 45.1 Å². The minimum absolute atomic E-state index is 0.106. The number of hydrogen-bond donors (Lipinski definition) is 4. The van der Waals surface area contributed by atoms with Gasteiger partial charge in [-0.05, 0) is 30.9 Å². The van der Waals surface area contributed by atoms with E-state index in [1.54, 1.807) is 11.6 Å². The topological polar surface area (TPSA) is 108 Å². The normalized spacial score (nSPS) is 20.6. The number of benzene rings is 1. The molecule has 8 heteroatoms. The molecule has 2 aliphatic rings. The third kappa shape index (κ3) is 4.06. The Morgan fingerprint density at radius 1 is 1.42 bits per heavy atom. The second-order valence-electron chi connectivity index (χ2n) is 8.34. The molecule has 3 unspecified atom stereocenters. The highest BCUT2D eigenvalue weighted by Crippen LogP contribution is 2.35. The summed E-state index contributed by atoms with van der Waals surface area (Å²) in [4.78, 5) is 22.2. The van der Waals surface area contributed by atoms with Crippen LogP contribution in [-0.2, 0) is 6.42 Å². The number of aliphatic imine (C=N–C) groups is 1. The molecule has 3 atom stereocenters. The van der Waals surface area contributed by atoms with Crippen LogP contribution in [0.1, 0.15) is 54.4 Å². The van der Waals surface area contributed by atoms with Crippen LogP contribution in [0.25, 0.3) is 0 Å². The van der Waals surface area contributed by atoms with Crippen molar-refractivity contribution in [1.29, 1.82) is 0 Å². The Kier molecular flexibility index (Phi) is 6.06. The zero-order chi connectivity index (χ0) is 22.0. The molecule has 3 heterocycles. The molecule has 0 spiro atoms. The summed E-state index contributed by atoms with van der Waals surface area (Å²) in [6.45, 7) is 5.71. The van der Waals surface area contributed by atoms with Crippen molar-refractivity contribution in [3.05, 3.63) is 47.4 Å². The molecular formula is C23H32N7O+. The number of nitrogens with zero attached hydrogens (tertiary/aromatic N) is 3. The summed E-state index contributed by atoms with van der Waals surface area (Å²) >= 11 is 0. The van der Waals surface area contributed by atoms with E-state index in [-0.39, 0.29) is 23.8 Å². The van der Waals surface area contributed by atoms with E-state index in [1.165, 1.54) is 5.56 Å². The van der Waals surface area contributed by atoms with Gasteiger partial charge in [0.1, 0.15) is 11.9 Å². The van der Waals surface area contributed by atoms with Crippen LogP contribution >= 0.6 is 0 Å². The Labute approximate surface area is 183 Å². The molecule has 8 nitrogen and oxygen atoms in total. The van der Waals surface area contributed by atoms with Crippen LogP contribution in [0.15, 0.2) is 35.5 Å². The zero-order valence-electron chi connectivity index (χ0n) is 18.5. The van der Waals surface area contributed by atoms with Crippen molar-refractivity contribution >= 4 is 23.4 Å². The molecule has 164 valence electrons. The molecule has 4 rings (SSSR count). The number of carbonyl (C=O) groups excluding carboxylic acids is 1. The van der Waals surface area contributed by atoms with E-state index in [1.807, 2.05) is 12.3 Å². The Balaban J connectivity index is 1.65. The van der Waals surface area contributed by atoms with Crippen molar-refractivity contribution in [2.75, 3.05) is 30.8 Å². The van der Waals surface area contributed by atoms with E-state index in [9.17, 15) is 4.79 Å². The Hall–Kier alpha value is -3.16. The molecule has 2 aliphatic heterocycles. The lowest BCUT2D eigenvalue weighted by atomic mass is 9.98. The number of fused-ring (bicyclic) bond motifs is 2. The Morgan fingerprint density at radius 3 is 3.00 bits per heavy atom. The highest BCUT2D eigenvalue weighted by Gasteiger charge is 2.44. The van der Waals surface area contributed by atoms with Crippen LogP contribution in [0.4, 0.5) is 11.5 Å². The first kappa shape index (κ1) is 21.1. The van der Waals surface area contributed by atoms with Crippen LogP contribution in [-0.4, -0.2) is 43.0 Å². The maximum atomic E-state index is 13.2. The summed E-state index contributed by atoms with van der Waals surface area (Å²) in [6.07, 6.45) is 4.45. The second kappa shape index (κ2) is 8.91. The lowest BCUT2D eigenvalue weighted by molar-refractivity contribution is -0.554. The van der Waals surface area contributed by atoms with Crippen LogP contribution in [0.5, 0.6) is 0 Å². The van der Waals surface area contributed by atoms with Crippen molar-refractivity contribution in [3.8, 4) is 0 Å². The van der Waals surface area contributed by atoms with Gasteiger partial charge in [0.25, 0.3) is 0 Å². The van der Waals surface area contributed by atoms with Crippen molar-refractivity contribution in [3.63, 3.8) is 0 Å². The van der Waals surface area contributed by atoms with Crippen LogP contribution in [0, 0.1) is 5.92 Å². The SMILES string of the molecule is CCC(C)C1Nc2c(CCCNC(N)=NC)nc(C3CNc4ccccc43)c[n+]2C1=O. The molecule has 0 saturated heterocycles. The summed E-state index contributed by atoms with van der Waals surface area (Å²) in [5.74, 6) is 1.74. The van der Waals surface area contributed by atoms with E-state index in [4.69, 9.17) is 10.7 Å². The fourth-order valence-corrected chi connectivity index (χ4v) is 4.32. The van der Waals surface area contributed by atoms with Crippen LogP contribution in [0.2, 0.25) is 0 Å². The number of aryl methyl sites for hydroxylation is 1. The van der Waals surface area contributed by atoms with Crippen molar-refractivity contribution in [2.24, 2.45) is 16.6 Å². The van der Waals surface area contributed by atoms with Gasteiger partial charge in [0.2, 0.25) is 0 Å². The van der Waals surface area contributed by atoms with Crippen molar-refractivity contribution < 1.29 is 9.36 Å². The number of guanidine groups is 1. The Bertz CT molecular complexity index is 1000. The molecule has 0 bridgehead atoms. The van der Waals surface area contributed by atoms with E-state index >= 15 is 0 Å². The largest absolute Gasteiger partial charge is 0.384 e. The quantitative estimate of drug-likeness (QED) is 0.235. The number of rotatable bonds is 7. The zero-order valence-corrected chi connectivity index (χ0v) is 18.5. The third-order valence-electron chi connectivity index (χ3n) is 6.38. The van der Waals surface area contributed by atoms with Gasteiger partial charge in [-0.1, -0.05) is 32.0 Å². The number of para-hydroxylation sites is 1. The minimum Gasteiger partial charge on any atom is -0.384 e. The molecule has 0 amide bonds. The van der Waals surface area contributed by atoms with Gasteiger partial charge in [-0.25, -0.2) is 9.78 Å². The third-order valence-corrected chi connectivity index (χ3v) is 6.38. The van der Waals surface area contributed by atoms with Gasteiger partial charge in [-0.15, -0.1) is 0 Å². The average Bonchev–Trinajstić information content (AvgIpc) is 3.37. The molecule has 0 aliphatic carbocycles. The fourth-order valence-electron chi connectivity index (χ4n) is 4.32. The first-order valence-electron chi connectivity index (χ1n) is 11.1. The molecule has 0 radical (unpaired) electrons. The van der Waals surface area contributed by atoms with Gasteiger partial charge in [0.15, 0.2) is 12.0 Å². The van der Waals surface area contributed by atoms with E-state index in [0.717, 1.165) is 48.7 Å². The number of hydrogen-bond acceptors (Lipinski definition) is 5. The molecule has 1 aromatic heterocycles. The molecule has 0 saturated carbocycles. The lowest BCUT2D eigenvalue weighted by Crippen LogP contribution is -2.45. The summed E-state index contributed by atoms with van der Waals surface area (Å²) in [6, 6.07) is 8.10. The molecule has 31 heavy (non-hydrogen) atoms. The lowest BCUT2D eigenvalue weighted by Gasteiger charge is -2.12. The van der Waals surface area contributed by atoms with Gasteiger partial charge in [0, 0.05) is 37.7 Å². The number of nitrogens with one attached hydrogen (secondary N) is 3. The van der Waals surface area contributed by atoms with E-state index < -0.39 is 0 Å². The first-order chi connectivity index (χ1) is 15.0. The summed E-state index contributed by atoms with van der Waals surface area (Å²) in [5, 5.41) is 10.0. The molecule has 5 N–H and O–H groups in total. The maximum absolute atomic E-state index is 13.2. The van der Waals surface area contributed by atoms with E-state index in [0.29, 0.717) is 12.5 Å². The van der Waals surface area contributed by atoms with Crippen LogP contribution < -0.4 is 26.3 Å². The van der Waals surface area contributed by atoms with Gasteiger partial charge in [0.05, 0.1) is 5.69 Å². The number of anilines is 2. The predicted octanol–water partition coefficient (Wildman–Crippen LogP) is 1.87. The molecular weight excluding hydrogens is 390 g/mol. The molecule has 1 aromatic carbocycles. The number of aromatic nitrogens is 2. The first-order valence-corrected chi connectivity index (χ1v) is 11.1. The number of nitrogens with two attached hydrogens (primary N) is 1. The summed E-state index contributed by atoms with van der Waals surface area (Å²) < 4.78 is 1.80. The average molecular weight is 423 g/mol. The molecule has 0 fully saturated rings. The Morgan fingerprint density at radius 2 is 2.23 bits per heavy atom. The van der Waals surface area contributed by atoms with Crippen molar-refractivity contribution in [1.82, 2.24) is 10.3 Å².